The molecule has 0 saturated heterocycles. The van der Waals surface area contributed by atoms with E-state index in [2.05, 4.69) is 31.2 Å². The summed E-state index contributed by atoms with van der Waals surface area (Å²) in [4.78, 5) is 9.93. The molecule has 2 atom stereocenters. The monoisotopic (exact) mass is 492 g/mol. The molecule has 0 aliphatic rings. The maximum absolute atomic E-state index is 12.1. The molecule has 0 fully saturated rings. The van der Waals surface area contributed by atoms with Crippen molar-refractivity contribution in [3.63, 3.8) is 0 Å². The third-order valence-corrected chi connectivity index (χ3v) is 5.97. The number of methoxy groups -OCH3 is 1. The smallest absolute Gasteiger partial charge is 0.382 e. The first-order chi connectivity index (χ1) is 15.7. The fourth-order valence-corrected chi connectivity index (χ4v) is 3.84. The van der Waals surface area contributed by atoms with Gasteiger partial charge in [0, 0.05) is 13.7 Å². The van der Waals surface area contributed by atoms with E-state index in [0.29, 0.717) is 17.6 Å². The quantitative estimate of drug-likeness (QED) is 0.0830. The van der Waals surface area contributed by atoms with Gasteiger partial charge in [-0.15, -0.1) is 0 Å². The number of unbranched alkanes of at least 4 members (excludes halogenated alkanes) is 7. The molecular formula is C25H51NO6P+. The van der Waals surface area contributed by atoms with Crippen molar-refractivity contribution in [3.05, 3.63) is 24.3 Å². The number of ether oxygens (including phenoxy) is 2. The summed E-state index contributed by atoms with van der Waals surface area (Å²) in [6, 6.07) is 0. The van der Waals surface area contributed by atoms with Gasteiger partial charge in [0.15, 0.2) is 0 Å². The van der Waals surface area contributed by atoms with E-state index < -0.39 is 13.9 Å². The number of rotatable bonds is 23. The molecular weight excluding hydrogens is 441 g/mol. The number of likely N-dealkylation sites (N-methyl/N-ethyl adjacent to an activating group) is 1. The SMILES string of the molecule is CCC/C=C\CCCC/C=C\CCCCCOC[C@H](COC)OP(=O)(O)OCC[N+](C)(C)C. The average Bonchev–Trinajstić information content (AvgIpc) is 2.72. The van der Waals surface area contributed by atoms with E-state index in [4.69, 9.17) is 18.5 Å². The molecule has 0 spiro atoms. The Balaban J connectivity index is 3.78. The molecule has 0 aliphatic heterocycles. The topological polar surface area (TPSA) is 74.2 Å². The number of allylic oxidation sites excluding steroid dienone is 4. The molecule has 0 aromatic heterocycles. The van der Waals surface area contributed by atoms with Crippen LogP contribution < -0.4 is 0 Å². The molecule has 0 bridgehead atoms. The van der Waals surface area contributed by atoms with Crippen LogP contribution in [-0.4, -0.2) is 76.7 Å². The first-order valence-corrected chi connectivity index (χ1v) is 14.0. The van der Waals surface area contributed by atoms with E-state index in [0.717, 1.165) is 25.7 Å². The average molecular weight is 493 g/mol. The van der Waals surface area contributed by atoms with Crippen molar-refractivity contribution in [2.45, 2.75) is 77.2 Å². The van der Waals surface area contributed by atoms with Gasteiger partial charge >= 0.3 is 7.82 Å². The lowest BCUT2D eigenvalue weighted by Gasteiger charge is -2.25. The van der Waals surface area contributed by atoms with E-state index in [1.54, 1.807) is 0 Å². The summed E-state index contributed by atoms with van der Waals surface area (Å²) in [7, 11) is 3.34. The van der Waals surface area contributed by atoms with Gasteiger partial charge in [-0.25, -0.2) is 4.57 Å². The summed E-state index contributed by atoms with van der Waals surface area (Å²) in [6.07, 6.45) is 20.2. The van der Waals surface area contributed by atoms with E-state index in [9.17, 15) is 9.46 Å². The molecule has 0 aromatic rings. The Labute approximate surface area is 203 Å². The Morgan fingerprint density at radius 2 is 1.42 bits per heavy atom. The normalized spacial score (nSPS) is 15.5. The van der Waals surface area contributed by atoms with Gasteiger partial charge in [-0.2, -0.15) is 0 Å². The van der Waals surface area contributed by atoms with E-state index >= 15 is 0 Å². The molecule has 0 aromatic carbocycles. The predicted molar refractivity (Wildman–Crippen MR) is 136 cm³/mol. The first-order valence-electron chi connectivity index (χ1n) is 12.5. The van der Waals surface area contributed by atoms with E-state index in [-0.39, 0.29) is 19.8 Å². The molecule has 0 amide bonds. The fraction of sp³-hybridized carbons (Fsp3) is 0.840. The summed E-state index contributed by atoms with van der Waals surface area (Å²) in [6.45, 7) is 3.91. The highest BCUT2D eigenvalue weighted by Gasteiger charge is 2.27. The minimum atomic E-state index is -4.14. The lowest BCUT2D eigenvalue weighted by molar-refractivity contribution is -0.870. The molecule has 0 aliphatic carbocycles. The van der Waals surface area contributed by atoms with Crippen molar-refractivity contribution in [1.29, 1.82) is 0 Å². The number of nitrogens with zero attached hydrogens (tertiary/aromatic N) is 1. The number of quaternary nitrogens is 1. The van der Waals surface area contributed by atoms with Gasteiger partial charge in [-0.1, -0.05) is 44.1 Å². The molecule has 0 saturated carbocycles. The van der Waals surface area contributed by atoms with Gasteiger partial charge in [-0.3, -0.25) is 9.05 Å². The molecule has 0 radical (unpaired) electrons. The zero-order valence-corrected chi connectivity index (χ0v) is 22.8. The molecule has 0 rings (SSSR count). The second kappa shape index (κ2) is 20.8. The third-order valence-electron chi connectivity index (χ3n) is 4.89. The van der Waals surface area contributed by atoms with Crippen molar-refractivity contribution in [1.82, 2.24) is 0 Å². The maximum Gasteiger partial charge on any atom is 0.472 e. The number of phosphoric ester groups is 1. The van der Waals surface area contributed by atoms with E-state index in [1.807, 2.05) is 21.1 Å². The largest absolute Gasteiger partial charge is 0.472 e. The maximum atomic E-state index is 12.1. The van der Waals surface area contributed by atoms with Gasteiger partial charge in [0.1, 0.15) is 19.3 Å². The van der Waals surface area contributed by atoms with Gasteiger partial charge in [-0.05, 0) is 51.4 Å². The summed E-state index contributed by atoms with van der Waals surface area (Å²) in [5.41, 5.74) is 0. The van der Waals surface area contributed by atoms with Gasteiger partial charge in [0.05, 0.1) is 34.4 Å². The Morgan fingerprint density at radius 1 is 0.848 bits per heavy atom. The van der Waals surface area contributed by atoms with Crippen molar-refractivity contribution in [2.75, 3.05) is 61.2 Å². The van der Waals surface area contributed by atoms with E-state index in [1.165, 1.54) is 45.6 Å². The van der Waals surface area contributed by atoms with Crippen molar-refractivity contribution in [3.8, 4) is 0 Å². The van der Waals surface area contributed by atoms with Crippen LogP contribution in [0.5, 0.6) is 0 Å². The minimum Gasteiger partial charge on any atom is -0.382 e. The number of hydrogen-bond donors (Lipinski definition) is 1. The first kappa shape index (κ1) is 32.5. The van der Waals surface area contributed by atoms with Crippen molar-refractivity contribution >= 4 is 7.82 Å². The second-order valence-corrected chi connectivity index (χ2v) is 10.8. The standard InChI is InChI=1S/C25H50NO6P/c1-6-7-8-9-10-11-12-13-14-15-16-17-18-19-21-30-24-25(23-29-5)32-33(27,28)31-22-20-26(2,3)4/h8-9,14-15,25H,6-7,10-13,16-24H2,1-5H3/p+1/b9-8-,15-14-/t25-/m0/s1. The lowest BCUT2D eigenvalue weighted by Crippen LogP contribution is -2.37. The zero-order chi connectivity index (χ0) is 24.8. The summed E-state index contributed by atoms with van der Waals surface area (Å²) < 4.78 is 33.8. The summed E-state index contributed by atoms with van der Waals surface area (Å²) >= 11 is 0. The van der Waals surface area contributed by atoms with Crippen molar-refractivity contribution < 1.29 is 32.5 Å². The van der Waals surface area contributed by atoms with Gasteiger partial charge in [0.25, 0.3) is 0 Å². The minimum absolute atomic E-state index is 0.142. The van der Waals surface area contributed by atoms with Gasteiger partial charge in [0.2, 0.25) is 0 Å². The molecule has 1 unspecified atom stereocenters. The fourth-order valence-electron chi connectivity index (χ4n) is 2.96. The third kappa shape index (κ3) is 24.4. The van der Waals surface area contributed by atoms with Crippen LogP contribution in [0.4, 0.5) is 0 Å². The Bertz CT molecular complexity index is 548. The highest BCUT2D eigenvalue weighted by Crippen LogP contribution is 2.44. The highest BCUT2D eigenvalue weighted by atomic mass is 31.2. The van der Waals surface area contributed by atoms with Crippen LogP contribution in [0.2, 0.25) is 0 Å². The highest BCUT2D eigenvalue weighted by molar-refractivity contribution is 7.47. The molecule has 33 heavy (non-hydrogen) atoms. The Hall–Kier alpha value is -0.530. The zero-order valence-electron chi connectivity index (χ0n) is 21.9. The van der Waals surface area contributed by atoms with Crippen molar-refractivity contribution in [2.24, 2.45) is 0 Å². The van der Waals surface area contributed by atoms with Crippen LogP contribution in [0, 0.1) is 0 Å². The number of hydrogen-bond acceptors (Lipinski definition) is 5. The Morgan fingerprint density at radius 3 is 1.97 bits per heavy atom. The summed E-state index contributed by atoms with van der Waals surface area (Å²) in [5, 5.41) is 0. The lowest BCUT2D eigenvalue weighted by atomic mass is 10.1. The molecule has 196 valence electrons. The van der Waals surface area contributed by atoms with Gasteiger partial charge < -0.3 is 18.9 Å². The molecule has 8 heteroatoms. The summed E-state index contributed by atoms with van der Waals surface area (Å²) in [5.74, 6) is 0. The predicted octanol–water partition coefficient (Wildman–Crippen LogP) is 5.89. The van der Waals surface area contributed by atoms with Crippen LogP contribution in [0.3, 0.4) is 0 Å². The van der Waals surface area contributed by atoms with Crippen LogP contribution >= 0.6 is 7.82 Å². The van der Waals surface area contributed by atoms with Crippen LogP contribution in [0.1, 0.15) is 71.1 Å². The Kier molecular flexibility index (Phi) is 20.5. The molecule has 7 nitrogen and oxygen atoms in total. The number of phosphoric acid groups is 1. The molecule has 0 heterocycles. The van der Waals surface area contributed by atoms with Crippen LogP contribution in [0.25, 0.3) is 0 Å². The van der Waals surface area contributed by atoms with Crippen LogP contribution in [0.15, 0.2) is 24.3 Å². The second-order valence-electron chi connectivity index (χ2n) is 9.44. The van der Waals surface area contributed by atoms with Crippen LogP contribution in [-0.2, 0) is 23.1 Å². The molecule has 1 N–H and O–H groups in total.